The van der Waals surface area contributed by atoms with Crippen LogP contribution in [-0.2, 0) is 0 Å². The third-order valence-corrected chi connectivity index (χ3v) is 1.48. The zero-order valence-electron chi connectivity index (χ0n) is 6.35. The monoisotopic (exact) mass is 158 g/mol. The van der Waals surface area contributed by atoms with Crippen LogP contribution in [0.15, 0.2) is 24.8 Å². The minimum absolute atomic E-state index is 0.770. The topological polar surface area (TPSA) is 0 Å². The molecule has 0 saturated heterocycles. The fraction of sp³-hybridized carbons (Fsp3) is 0.556. The Hall–Kier alpha value is -0.230. The Labute approximate surface area is 68.6 Å². The molecular formula is C9H15Cl. The highest BCUT2D eigenvalue weighted by Crippen LogP contribution is 1.96. The third kappa shape index (κ3) is 7.77. The van der Waals surface area contributed by atoms with E-state index in [1.807, 2.05) is 6.08 Å². The molecule has 10 heavy (non-hydrogen) atoms. The van der Waals surface area contributed by atoms with Crippen molar-refractivity contribution in [3.05, 3.63) is 24.8 Å². The van der Waals surface area contributed by atoms with E-state index in [9.17, 15) is 0 Å². The molecule has 0 unspecified atom stereocenters. The van der Waals surface area contributed by atoms with E-state index in [0.717, 1.165) is 31.6 Å². The van der Waals surface area contributed by atoms with Gasteiger partial charge in [-0.25, -0.2) is 0 Å². The maximum atomic E-state index is 5.49. The average molecular weight is 159 g/mol. The summed E-state index contributed by atoms with van der Waals surface area (Å²) in [5.41, 5.74) is 0. The molecular weight excluding hydrogens is 144 g/mol. The molecule has 0 fully saturated rings. The highest BCUT2D eigenvalue weighted by Gasteiger charge is 1.78. The number of unbranched alkanes of at least 4 members (excludes halogenated alkanes) is 2. The Morgan fingerprint density at radius 1 is 1.10 bits per heavy atom. The molecule has 0 radical (unpaired) electrons. The van der Waals surface area contributed by atoms with Gasteiger partial charge in [0.2, 0.25) is 0 Å². The molecule has 0 amide bonds. The van der Waals surface area contributed by atoms with E-state index >= 15 is 0 Å². The van der Waals surface area contributed by atoms with E-state index in [1.165, 1.54) is 0 Å². The van der Waals surface area contributed by atoms with Crippen molar-refractivity contribution in [2.24, 2.45) is 0 Å². The van der Waals surface area contributed by atoms with Gasteiger partial charge in [0.05, 0.1) is 0 Å². The second-order valence-corrected chi connectivity index (χ2v) is 2.55. The number of rotatable bonds is 6. The van der Waals surface area contributed by atoms with Crippen LogP contribution in [0.1, 0.15) is 25.7 Å². The Morgan fingerprint density at radius 3 is 2.40 bits per heavy atom. The number of hydrogen-bond acceptors (Lipinski definition) is 0. The van der Waals surface area contributed by atoms with E-state index < -0.39 is 0 Å². The number of hydrogen-bond donors (Lipinski definition) is 0. The van der Waals surface area contributed by atoms with Crippen LogP contribution >= 0.6 is 11.6 Å². The SMILES string of the molecule is C=CCC/C=C/CCCCl. The van der Waals surface area contributed by atoms with Gasteiger partial charge < -0.3 is 0 Å². The Kier molecular flexibility index (Phi) is 8.57. The molecule has 0 aliphatic heterocycles. The van der Waals surface area contributed by atoms with Gasteiger partial charge >= 0.3 is 0 Å². The zero-order chi connectivity index (χ0) is 7.66. The molecule has 0 aliphatic rings. The number of alkyl halides is 1. The first-order valence-electron chi connectivity index (χ1n) is 3.73. The van der Waals surface area contributed by atoms with Gasteiger partial charge in [-0.1, -0.05) is 18.2 Å². The predicted molar refractivity (Wildman–Crippen MR) is 48.5 cm³/mol. The smallest absolute Gasteiger partial charge is 0.0226 e. The summed E-state index contributed by atoms with van der Waals surface area (Å²) in [4.78, 5) is 0. The molecule has 0 atom stereocenters. The summed E-state index contributed by atoms with van der Waals surface area (Å²) < 4.78 is 0. The lowest BCUT2D eigenvalue weighted by Gasteiger charge is -1.87. The van der Waals surface area contributed by atoms with Crippen molar-refractivity contribution in [3.8, 4) is 0 Å². The summed E-state index contributed by atoms with van der Waals surface area (Å²) in [5.74, 6) is 0.770. The molecule has 0 rings (SSSR count). The van der Waals surface area contributed by atoms with Crippen molar-refractivity contribution < 1.29 is 0 Å². The maximum absolute atomic E-state index is 5.49. The van der Waals surface area contributed by atoms with Crippen LogP contribution in [0.5, 0.6) is 0 Å². The van der Waals surface area contributed by atoms with Crippen LogP contribution < -0.4 is 0 Å². The van der Waals surface area contributed by atoms with Crippen molar-refractivity contribution in [1.29, 1.82) is 0 Å². The molecule has 0 spiro atoms. The highest BCUT2D eigenvalue weighted by molar-refractivity contribution is 6.17. The third-order valence-electron chi connectivity index (χ3n) is 1.21. The largest absolute Gasteiger partial charge is 0.127 e. The molecule has 0 aromatic heterocycles. The first-order chi connectivity index (χ1) is 4.91. The van der Waals surface area contributed by atoms with E-state index in [4.69, 9.17) is 11.6 Å². The molecule has 58 valence electrons. The van der Waals surface area contributed by atoms with Crippen LogP contribution in [0.3, 0.4) is 0 Å². The van der Waals surface area contributed by atoms with Crippen molar-refractivity contribution in [2.75, 3.05) is 5.88 Å². The molecule has 0 N–H and O–H groups in total. The van der Waals surface area contributed by atoms with Crippen LogP contribution in [0.4, 0.5) is 0 Å². The highest BCUT2D eigenvalue weighted by atomic mass is 35.5. The van der Waals surface area contributed by atoms with Crippen LogP contribution in [0.25, 0.3) is 0 Å². The van der Waals surface area contributed by atoms with E-state index in [1.54, 1.807) is 0 Å². The lowest BCUT2D eigenvalue weighted by atomic mass is 10.2. The molecule has 0 aromatic carbocycles. The second-order valence-electron chi connectivity index (χ2n) is 2.17. The number of halogens is 1. The predicted octanol–water partition coefficient (Wildman–Crippen LogP) is 3.53. The van der Waals surface area contributed by atoms with Crippen LogP contribution in [0, 0.1) is 0 Å². The quantitative estimate of drug-likeness (QED) is 0.315. The standard InChI is InChI=1S/C9H15Cl/c1-2-3-4-5-6-7-8-9-10/h2,5-6H,1,3-4,7-9H2/b6-5+. The molecule has 0 saturated carbocycles. The molecule has 0 bridgehead atoms. The summed E-state index contributed by atoms with van der Waals surface area (Å²) >= 11 is 5.49. The van der Waals surface area contributed by atoms with Gasteiger partial charge in [0, 0.05) is 5.88 Å². The van der Waals surface area contributed by atoms with E-state index in [0.29, 0.717) is 0 Å². The van der Waals surface area contributed by atoms with Gasteiger partial charge in [0.1, 0.15) is 0 Å². The van der Waals surface area contributed by atoms with Gasteiger partial charge in [-0.15, -0.1) is 18.2 Å². The Bertz CT molecular complexity index is 94.9. The normalized spacial score (nSPS) is 10.5. The summed E-state index contributed by atoms with van der Waals surface area (Å²) in [6.45, 7) is 3.64. The molecule has 0 nitrogen and oxygen atoms in total. The van der Waals surface area contributed by atoms with E-state index in [-0.39, 0.29) is 0 Å². The van der Waals surface area contributed by atoms with Gasteiger partial charge in [-0.3, -0.25) is 0 Å². The first kappa shape index (κ1) is 9.77. The van der Waals surface area contributed by atoms with Gasteiger partial charge in [-0.05, 0) is 25.7 Å². The van der Waals surface area contributed by atoms with Gasteiger partial charge in [0.25, 0.3) is 0 Å². The lowest BCUT2D eigenvalue weighted by Crippen LogP contribution is -1.70. The summed E-state index contributed by atoms with van der Waals surface area (Å²) in [6.07, 6.45) is 10.7. The zero-order valence-corrected chi connectivity index (χ0v) is 7.11. The van der Waals surface area contributed by atoms with Crippen molar-refractivity contribution in [3.63, 3.8) is 0 Å². The van der Waals surface area contributed by atoms with Gasteiger partial charge in [-0.2, -0.15) is 0 Å². The summed E-state index contributed by atoms with van der Waals surface area (Å²) in [5, 5.41) is 0. The van der Waals surface area contributed by atoms with Crippen molar-refractivity contribution >= 4 is 11.6 Å². The minimum Gasteiger partial charge on any atom is -0.127 e. The summed E-state index contributed by atoms with van der Waals surface area (Å²) in [7, 11) is 0. The molecule has 0 aromatic rings. The first-order valence-corrected chi connectivity index (χ1v) is 4.27. The maximum Gasteiger partial charge on any atom is 0.0226 e. The van der Waals surface area contributed by atoms with Crippen LogP contribution in [0.2, 0.25) is 0 Å². The summed E-state index contributed by atoms with van der Waals surface area (Å²) in [6, 6.07) is 0. The van der Waals surface area contributed by atoms with Crippen molar-refractivity contribution in [2.45, 2.75) is 25.7 Å². The second kappa shape index (κ2) is 8.77. The fourth-order valence-corrected chi connectivity index (χ4v) is 0.799. The molecule has 1 heteroatoms. The van der Waals surface area contributed by atoms with Gasteiger partial charge in [0.15, 0.2) is 0 Å². The number of allylic oxidation sites excluding steroid dienone is 3. The average Bonchev–Trinajstić information content (AvgIpc) is 1.97. The van der Waals surface area contributed by atoms with Crippen LogP contribution in [-0.4, -0.2) is 5.88 Å². The van der Waals surface area contributed by atoms with Crippen molar-refractivity contribution in [1.82, 2.24) is 0 Å². The Balaban J connectivity index is 2.96. The lowest BCUT2D eigenvalue weighted by molar-refractivity contribution is 0.950. The Morgan fingerprint density at radius 2 is 1.80 bits per heavy atom. The molecule has 0 heterocycles. The fourth-order valence-electron chi connectivity index (χ4n) is 0.645. The minimum atomic E-state index is 0.770. The van der Waals surface area contributed by atoms with E-state index in [2.05, 4.69) is 18.7 Å². The molecule has 0 aliphatic carbocycles.